The van der Waals surface area contributed by atoms with E-state index in [4.69, 9.17) is 5.11 Å². The normalized spacial score (nSPS) is 11.1. The maximum Gasteiger partial charge on any atom is 0.307 e. The predicted octanol–water partition coefficient (Wildman–Crippen LogP) is 2.40. The second-order valence-corrected chi connectivity index (χ2v) is 4.98. The Bertz CT molecular complexity index is 357. The molecule has 1 N–H and O–H groups in total. The minimum Gasteiger partial charge on any atom is -0.481 e. The molecule has 0 aliphatic heterocycles. The highest BCUT2D eigenvalue weighted by molar-refractivity contribution is 5.70. The summed E-state index contributed by atoms with van der Waals surface area (Å²) in [7, 11) is 2.10. The van der Waals surface area contributed by atoms with Gasteiger partial charge in [-0.05, 0) is 24.1 Å². The van der Waals surface area contributed by atoms with Crippen molar-refractivity contribution in [2.75, 3.05) is 13.6 Å². The first-order valence-corrected chi connectivity index (χ1v) is 5.95. The molecular weight excluding hydrogens is 214 g/mol. The van der Waals surface area contributed by atoms with Gasteiger partial charge >= 0.3 is 5.97 Å². The third-order valence-corrected chi connectivity index (χ3v) is 2.51. The molecule has 0 atom stereocenters. The molecule has 3 heteroatoms. The molecule has 1 aromatic rings. The number of nitrogens with zero attached hydrogens (tertiary/aromatic N) is 1. The van der Waals surface area contributed by atoms with Crippen molar-refractivity contribution in [1.82, 2.24) is 4.90 Å². The summed E-state index contributed by atoms with van der Waals surface area (Å²) in [5.74, 6) is -0.124. The van der Waals surface area contributed by atoms with Gasteiger partial charge in [-0.25, -0.2) is 0 Å². The van der Waals surface area contributed by atoms with Gasteiger partial charge < -0.3 is 10.0 Å². The average Bonchev–Trinajstić information content (AvgIpc) is 2.18. The van der Waals surface area contributed by atoms with Gasteiger partial charge in [-0.3, -0.25) is 4.79 Å². The van der Waals surface area contributed by atoms with Crippen molar-refractivity contribution in [2.24, 2.45) is 5.92 Å². The zero-order chi connectivity index (χ0) is 12.8. The average molecular weight is 235 g/mol. The zero-order valence-electron chi connectivity index (χ0n) is 10.8. The van der Waals surface area contributed by atoms with Crippen LogP contribution in [0, 0.1) is 5.92 Å². The summed E-state index contributed by atoms with van der Waals surface area (Å²) in [6, 6.07) is 7.81. The molecule has 0 amide bonds. The first-order chi connectivity index (χ1) is 7.97. The van der Waals surface area contributed by atoms with Crippen molar-refractivity contribution in [2.45, 2.75) is 26.8 Å². The molecule has 0 aromatic heterocycles. The Morgan fingerprint density at radius 2 is 1.76 bits per heavy atom. The van der Waals surface area contributed by atoms with Crippen LogP contribution in [0.1, 0.15) is 25.0 Å². The summed E-state index contributed by atoms with van der Waals surface area (Å²) in [4.78, 5) is 12.8. The van der Waals surface area contributed by atoms with Crippen LogP contribution in [0.5, 0.6) is 0 Å². The number of aliphatic carboxylic acids is 1. The van der Waals surface area contributed by atoms with Gasteiger partial charge in [-0.2, -0.15) is 0 Å². The predicted molar refractivity (Wildman–Crippen MR) is 69.0 cm³/mol. The molecular formula is C14H21NO2. The Morgan fingerprint density at radius 3 is 2.24 bits per heavy atom. The molecule has 0 unspecified atom stereocenters. The Labute approximate surface area is 103 Å². The summed E-state index contributed by atoms with van der Waals surface area (Å²) in [6.07, 6.45) is 0.0993. The Hall–Kier alpha value is -1.35. The van der Waals surface area contributed by atoms with Crippen LogP contribution in [0.2, 0.25) is 0 Å². The minimum atomic E-state index is -0.783. The van der Waals surface area contributed by atoms with Crippen LogP contribution in [0.3, 0.4) is 0 Å². The summed E-state index contributed by atoms with van der Waals surface area (Å²) in [5, 5.41) is 8.67. The summed E-state index contributed by atoms with van der Waals surface area (Å²) in [6.45, 7) is 6.38. The Kier molecular flexibility index (Phi) is 5.16. The van der Waals surface area contributed by atoms with E-state index in [1.807, 2.05) is 24.3 Å². The fraction of sp³-hybridized carbons (Fsp3) is 0.500. The van der Waals surface area contributed by atoms with Gasteiger partial charge in [-0.1, -0.05) is 38.1 Å². The third-order valence-electron chi connectivity index (χ3n) is 2.51. The standard InChI is InChI=1S/C14H21NO2/c1-11(2)9-15(3)10-13-6-4-12(5-7-13)8-14(16)17/h4-7,11H,8-10H2,1-3H3,(H,16,17). The lowest BCUT2D eigenvalue weighted by Gasteiger charge is -2.18. The van der Waals surface area contributed by atoms with Gasteiger partial charge in [0.05, 0.1) is 6.42 Å². The molecule has 3 nitrogen and oxygen atoms in total. The second kappa shape index (κ2) is 6.40. The van der Waals surface area contributed by atoms with Crippen molar-refractivity contribution >= 4 is 5.97 Å². The number of hydrogen-bond acceptors (Lipinski definition) is 2. The van der Waals surface area contributed by atoms with E-state index in [0.717, 1.165) is 18.7 Å². The number of carboxylic acid groups (broad SMARTS) is 1. The first kappa shape index (κ1) is 13.7. The van der Waals surface area contributed by atoms with Crippen LogP contribution >= 0.6 is 0 Å². The quantitative estimate of drug-likeness (QED) is 0.823. The molecule has 0 saturated heterocycles. The van der Waals surface area contributed by atoms with Gasteiger partial charge in [0.2, 0.25) is 0 Å². The molecule has 0 aliphatic carbocycles. The van der Waals surface area contributed by atoms with E-state index in [1.165, 1.54) is 5.56 Å². The summed E-state index contributed by atoms with van der Waals surface area (Å²) >= 11 is 0. The highest BCUT2D eigenvalue weighted by Crippen LogP contribution is 2.08. The Morgan fingerprint density at radius 1 is 1.24 bits per heavy atom. The van der Waals surface area contributed by atoms with Crippen LogP contribution in [-0.2, 0) is 17.8 Å². The fourth-order valence-corrected chi connectivity index (χ4v) is 1.94. The van der Waals surface area contributed by atoms with Crippen LogP contribution in [-0.4, -0.2) is 29.6 Å². The Balaban J connectivity index is 2.53. The van der Waals surface area contributed by atoms with Gasteiger partial charge in [0.1, 0.15) is 0 Å². The first-order valence-electron chi connectivity index (χ1n) is 5.95. The summed E-state index contributed by atoms with van der Waals surface area (Å²) in [5.41, 5.74) is 2.08. The molecule has 94 valence electrons. The van der Waals surface area contributed by atoms with Crippen molar-refractivity contribution in [3.63, 3.8) is 0 Å². The van der Waals surface area contributed by atoms with Crippen LogP contribution < -0.4 is 0 Å². The number of carboxylic acids is 1. The lowest BCUT2D eigenvalue weighted by molar-refractivity contribution is -0.136. The van der Waals surface area contributed by atoms with Crippen molar-refractivity contribution in [3.8, 4) is 0 Å². The van der Waals surface area contributed by atoms with E-state index in [1.54, 1.807) is 0 Å². The SMILES string of the molecule is CC(C)CN(C)Cc1ccc(CC(=O)O)cc1. The molecule has 0 fully saturated rings. The molecule has 1 rings (SSSR count). The lowest BCUT2D eigenvalue weighted by Crippen LogP contribution is -2.22. The maximum atomic E-state index is 10.5. The molecule has 1 aromatic carbocycles. The van der Waals surface area contributed by atoms with E-state index >= 15 is 0 Å². The van der Waals surface area contributed by atoms with Crippen molar-refractivity contribution in [1.29, 1.82) is 0 Å². The molecule has 17 heavy (non-hydrogen) atoms. The monoisotopic (exact) mass is 235 g/mol. The van der Waals surface area contributed by atoms with Crippen LogP contribution in [0.4, 0.5) is 0 Å². The number of hydrogen-bond donors (Lipinski definition) is 1. The number of rotatable bonds is 6. The van der Waals surface area contributed by atoms with Gasteiger partial charge in [0, 0.05) is 13.1 Å². The van der Waals surface area contributed by atoms with Gasteiger partial charge in [0.25, 0.3) is 0 Å². The molecule has 0 bridgehead atoms. The van der Waals surface area contributed by atoms with Crippen molar-refractivity contribution < 1.29 is 9.90 Å². The highest BCUT2D eigenvalue weighted by atomic mass is 16.4. The zero-order valence-corrected chi connectivity index (χ0v) is 10.8. The molecule has 0 saturated carbocycles. The van der Waals surface area contributed by atoms with E-state index in [2.05, 4.69) is 25.8 Å². The number of carbonyl (C=O) groups is 1. The minimum absolute atomic E-state index is 0.0993. The van der Waals surface area contributed by atoms with E-state index in [9.17, 15) is 4.79 Å². The fourth-order valence-electron chi connectivity index (χ4n) is 1.94. The van der Waals surface area contributed by atoms with E-state index in [0.29, 0.717) is 5.92 Å². The summed E-state index contributed by atoms with van der Waals surface area (Å²) < 4.78 is 0. The largest absolute Gasteiger partial charge is 0.481 e. The van der Waals surface area contributed by atoms with E-state index < -0.39 is 5.97 Å². The topological polar surface area (TPSA) is 40.5 Å². The van der Waals surface area contributed by atoms with Gasteiger partial charge in [0.15, 0.2) is 0 Å². The lowest BCUT2D eigenvalue weighted by atomic mass is 10.1. The van der Waals surface area contributed by atoms with Gasteiger partial charge in [-0.15, -0.1) is 0 Å². The smallest absolute Gasteiger partial charge is 0.307 e. The van der Waals surface area contributed by atoms with Crippen LogP contribution in [0.25, 0.3) is 0 Å². The molecule has 0 spiro atoms. The molecule has 0 heterocycles. The molecule has 0 aliphatic rings. The number of benzene rings is 1. The highest BCUT2D eigenvalue weighted by Gasteiger charge is 2.04. The van der Waals surface area contributed by atoms with Crippen molar-refractivity contribution in [3.05, 3.63) is 35.4 Å². The second-order valence-electron chi connectivity index (χ2n) is 4.98. The third kappa shape index (κ3) is 5.50. The molecule has 0 radical (unpaired) electrons. The van der Waals surface area contributed by atoms with Crippen LogP contribution in [0.15, 0.2) is 24.3 Å². The van der Waals surface area contributed by atoms with E-state index in [-0.39, 0.29) is 6.42 Å². The maximum absolute atomic E-state index is 10.5.